The third kappa shape index (κ3) is 3.32. The summed E-state index contributed by atoms with van der Waals surface area (Å²) in [6.07, 6.45) is 2.29. The molecule has 1 fully saturated rings. The Bertz CT molecular complexity index is 451. The largest absolute Gasteiger partial charge is 0.481 e. The van der Waals surface area contributed by atoms with Crippen LogP contribution in [0.3, 0.4) is 0 Å². The Morgan fingerprint density at radius 3 is 2.79 bits per heavy atom. The number of anilines is 1. The fraction of sp³-hybridized carbons (Fsp3) is 0.615. The van der Waals surface area contributed by atoms with Crippen molar-refractivity contribution in [1.82, 2.24) is 14.9 Å². The van der Waals surface area contributed by atoms with E-state index < -0.39 is 0 Å². The summed E-state index contributed by atoms with van der Waals surface area (Å²) < 4.78 is 5.11. The van der Waals surface area contributed by atoms with Crippen LogP contribution in [0.5, 0.6) is 5.88 Å². The molecule has 1 aliphatic rings. The molecular weight excluding hydrogens is 242 g/mol. The van der Waals surface area contributed by atoms with Crippen LogP contribution in [-0.2, 0) is 0 Å². The zero-order chi connectivity index (χ0) is 13.7. The van der Waals surface area contributed by atoms with Gasteiger partial charge in [0.25, 0.3) is 0 Å². The molecule has 0 saturated carbocycles. The number of hydrogen-bond donors (Lipinski definition) is 0. The molecule has 1 aromatic heterocycles. The van der Waals surface area contributed by atoms with Gasteiger partial charge in [-0.05, 0) is 6.92 Å². The van der Waals surface area contributed by atoms with Crippen molar-refractivity contribution in [2.45, 2.75) is 19.4 Å². The first-order chi connectivity index (χ1) is 9.24. The first-order valence-electron chi connectivity index (χ1n) is 6.47. The van der Waals surface area contributed by atoms with Crippen molar-refractivity contribution in [2.75, 3.05) is 38.2 Å². The summed E-state index contributed by atoms with van der Waals surface area (Å²) in [6.45, 7) is 5.72. The number of nitriles is 1. The van der Waals surface area contributed by atoms with Crippen LogP contribution in [0.4, 0.5) is 5.95 Å². The van der Waals surface area contributed by atoms with Gasteiger partial charge in [0.2, 0.25) is 11.8 Å². The number of ether oxygens (including phenoxy) is 1. The fourth-order valence-corrected chi connectivity index (χ4v) is 2.22. The second-order valence-electron chi connectivity index (χ2n) is 4.63. The lowest BCUT2D eigenvalue weighted by molar-refractivity contribution is 0.198. The Labute approximate surface area is 113 Å². The van der Waals surface area contributed by atoms with Gasteiger partial charge in [0.15, 0.2) is 0 Å². The molecule has 102 valence electrons. The zero-order valence-corrected chi connectivity index (χ0v) is 11.4. The second kappa shape index (κ2) is 6.34. The van der Waals surface area contributed by atoms with Gasteiger partial charge in [-0.15, -0.1) is 0 Å². The van der Waals surface area contributed by atoms with Gasteiger partial charge >= 0.3 is 0 Å². The van der Waals surface area contributed by atoms with E-state index in [4.69, 9.17) is 10.00 Å². The highest BCUT2D eigenvalue weighted by Gasteiger charge is 2.22. The minimum atomic E-state index is 0.318. The standard InChI is InChI=1S/C13H19N5O/c1-11(3-5-14)17-7-9-18(10-8-17)13-15-6-4-12(16-13)19-2/h4,6,11H,3,7-10H2,1-2H3. The molecule has 6 heteroatoms. The topological polar surface area (TPSA) is 65.3 Å². The Morgan fingerprint density at radius 2 is 2.16 bits per heavy atom. The van der Waals surface area contributed by atoms with Gasteiger partial charge in [-0.25, -0.2) is 4.98 Å². The third-order valence-corrected chi connectivity index (χ3v) is 3.43. The van der Waals surface area contributed by atoms with E-state index in [0.717, 1.165) is 26.2 Å². The lowest BCUT2D eigenvalue weighted by atomic mass is 10.2. The quantitative estimate of drug-likeness (QED) is 0.802. The van der Waals surface area contributed by atoms with E-state index in [9.17, 15) is 0 Å². The number of hydrogen-bond acceptors (Lipinski definition) is 6. The number of aromatic nitrogens is 2. The van der Waals surface area contributed by atoms with Crippen molar-refractivity contribution in [3.8, 4) is 11.9 Å². The zero-order valence-electron chi connectivity index (χ0n) is 11.4. The molecule has 0 N–H and O–H groups in total. The second-order valence-corrected chi connectivity index (χ2v) is 4.63. The van der Waals surface area contributed by atoms with Crippen LogP contribution in [0.15, 0.2) is 12.3 Å². The molecular formula is C13H19N5O. The Morgan fingerprint density at radius 1 is 1.42 bits per heavy atom. The first-order valence-corrected chi connectivity index (χ1v) is 6.47. The summed E-state index contributed by atoms with van der Waals surface area (Å²) in [5.74, 6) is 1.30. The molecule has 0 spiro atoms. The van der Waals surface area contributed by atoms with Gasteiger partial charge in [0.1, 0.15) is 0 Å². The van der Waals surface area contributed by atoms with Gasteiger partial charge in [-0.1, -0.05) is 0 Å². The highest BCUT2D eigenvalue weighted by Crippen LogP contribution is 2.16. The number of nitrogens with zero attached hydrogens (tertiary/aromatic N) is 5. The van der Waals surface area contributed by atoms with Crippen molar-refractivity contribution in [1.29, 1.82) is 5.26 Å². The van der Waals surface area contributed by atoms with Crippen molar-refractivity contribution < 1.29 is 4.74 Å². The van der Waals surface area contributed by atoms with E-state index in [1.165, 1.54) is 0 Å². The van der Waals surface area contributed by atoms with Crippen LogP contribution in [0, 0.1) is 11.3 Å². The molecule has 0 aromatic carbocycles. The molecule has 19 heavy (non-hydrogen) atoms. The van der Waals surface area contributed by atoms with Crippen LogP contribution < -0.4 is 9.64 Å². The lowest BCUT2D eigenvalue weighted by Gasteiger charge is -2.37. The van der Waals surface area contributed by atoms with Gasteiger partial charge in [0, 0.05) is 44.5 Å². The van der Waals surface area contributed by atoms with E-state index in [1.807, 2.05) is 0 Å². The Hall–Kier alpha value is -1.87. The summed E-state index contributed by atoms with van der Waals surface area (Å²) in [6, 6.07) is 4.29. The molecule has 0 aliphatic carbocycles. The Kier molecular flexibility index (Phi) is 4.53. The normalized spacial score (nSPS) is 17.8. The highest BCUT2D eigenvalue weighted by atomic mass is 16.5. The van der Waals surface area contributed by atoms with Crippen LogP contribution in [0.1, 0.15) is 13.3 Å². The molecule has 0 radical (unpaired) electrons. The SMILES string of the molecule is COc1ccnc(N2CCN(C(C)CC#N)CC2)n1. The minimum absolute atomic E-state index is 0.318. The number of rotatable bonds is 4. The monoisotopic (exact) mass is 261 g/mol. The van der Waals surface area contributed by atoms with Crippen molar-refractivity contribution in [3.05, 3.63) is 12.3 Å². The van der Waals surface area contributed by atoms with E-state index in [0.29, 0.717) is 24.3 Å². The summed E-state index contributed by atoms with van der Waals surface area (Å²) in [4.78, 5) is 13.1. The van der Waals surface area contributed by atoms with Crippen molar-refractivity contribution >= 4 is 5.95 Å². The van der Waals surface area contributed by atoms with Crippen LogP contribution in [0.25, 0.3) is 0 Å². The minimum Gasteiger partial charge on any atom is -0.481 e. The molecule has 0 amide bonds. The van der Waals surface area contributed by atoms with Crippen LogP contribution in [0.2, 0.25) is 0 Å². The summed E-state index contributed by atoms with van der Waals surface area (Å²) in [5, 5.41) is 8.73. The number of methoxy groups -OCH3 is 1. The molecule has 1 saturated heterocycles. The molecule has 0 bridgehead atoms. The smallest absolute Gasteiger partial charge is 0.228 e. The average Bonchev–Trinajstić information content (AvgIpc) is 2.48. The predicted molar refractivity (Wildman–Crippen MR) is 72.1 cm³/mol. The average molecular weight is 261 g/mol. The van der Waals surface area contributed by atoms with Crippen LogP contribution in [-0.4, -0.2) is 54.2 Å². The number of piperazine rings is 1. The maximum atomic E-state index is 8.73. The Balaban J connectivity index is 1.94. The molecule has 6 nitrogen and oxygen atoms in total. The third-order valence-electron chi connectivity index (χ3n) is 3.43. The molecule has 2 heterocycles. The summed E-state index contributed by atoms with van der Waals surface area (Å²) in [7, 11) is 1.60. The highest BCUT2D eigenvalue weighted by molar-refractivity contribution is 5.32. The molecule has 1 aliphatic heterocycles. The summed E-state index contributed by atoms with van der Waals surface area (Å²) >= 11 is 0. The maximum absolute atomic E-state index is 8.73. The van der Waals surface area contributed by atoms with Crippen molar-refractivity contribution in [2.24, 2.45) is 0 Å². The van der Waals surface area contributed by atoms with Crippen LogP contribution >= 0.6 is 0 Å². The van der Waals surface area contributed by atoms with Crippen molar-refractivity contribution in [3.63, 3.8) is 0 Å². The molecule has 1 aromatic rings. The van der Waals surface area contributed by atoms with E-state index in [1.54, 1.807) is 19.4 Å². The van der Waals surface area contributed by atoms with Gasteiger partial charge in [0.05, 0.1) is 19.6 Å². The van der Waals surface area contributed by atoms with E-state index in [2.05, 4.69) is 32.8 Å². The molecule has 1 atom stereocenters. The van der Waals surface area contributed by atoms with Gasteiger partial charge < -0.3 is 9.64 Å². The fourth-order valence-electron chi connectivity index (χ4n) is 2.22. The lowest BCUT2D eigenvalue weighted by Crippen LogP contribution is -2.50. The first kappa shape index (κ1) is 13.6. The van der Waals surface area contributed by atoms with E-state index >= 15 is 0 Å². The summed E-state index contributed by atoms with van der Waals surface area (Å²) in [5.41, 5.74) is 0. The maximum Gasteiger partial charge on any atom is 0.228 e. The molecule has 2 rings (SSSR count). The van der Waals surface area contributed by atoms with Gasteiger partial charge in [-0.3, -0.25) is 4.90 Å². The van der Waals surface area contributed by atoms with Gasteiger partial charge in [-0.2, -0.15) is 10.2 Å². The molecule has 1 unspecified atom stereocenters. The predicted octanol–water partition coefficient (Wildman–Crippen LogP) is 0.909. The van der Waals surface area contributed by atoms with E-state index in [-0.39, 0.29) is 0 Å².